The molecule has 1 saturated heterocycles. The van der Waals surface area contributed by atoms with Gasteiger partial charge in [-0.1, -0.05) is 60.5 Å². The molecule has 0 aliphatic carbocycles. The number of aliphatic hydroxyl groups excluding tert-OH is 1. The third-order valence-corrected chi connectivity index (χ3v) is 5.16. The van der Waals surface area contributed by atoms with Crippen molar-refractivity contribution in [1.82, 2.24) is 25.5 Å². The Morgan fingerprint density at radius 2 is 2.04 bits per heavy atom. The summed E-state index contributed by atoms with van der Waals surface area (Å²) < 4.78 is 0. The number of tetrazole rings is 1. The van der Waals surface area contributed by atoms with E-state index >= 15 is 0 Å². The van der Waals surface area contributed by atoms with Crippen LogP contribution in [0.3, 0.4) is 0 Å². The molecule has 1 fully saturated rings. The summed E-state index contributed by atoms with van der Waals surface area (Å²) in [6.45, 7) is 0.783. The topological polar surface area (TPSA) is 95.0 Å². The number of amides is 1. The number of aromatic amines is 1. The van der Waals surface area contributed by atoms with E-state index < -0.39 is 6.10 Å². The van der Waals surface area contributed by atoms with Crippen molar-refractivity contribution in [2.45, 2.75) is 63.5 Å². The fourth-order valence-electron chi connectivity index (χ4n) is 3.63. The summed E-state index contributed by atoms with van der Waals surface area (Å²) in [5.74, 6) is 0.980. The van der Waals surface area contributed by atoms with Crippen molar-refractivity contribution in [3.8, 4) is 0 Å². The van der Waals surface area contributed by atoms with Crippen LogP contribution in [0.15, 0.2) is 42.5 Å². The quantitative estimate of drug-likeness (QED) is 0.459. The van der Waals surface area contributed by atoms with E-state index in [0.717, 1.165) is 56.5 Å². The zero-order chi connectivity index (χ0) is 19.6. The van der Waals surface area contributed by atoms with Crippen molar-refractivity contribution in [2.75, 3.05) is 6.54 Å². The van der Waals surface area contributed by atoms with Gasteiger partial charge in [0.15, 0.2) is 5.82 Å². The molecule has 2 N–H and O–H groups in total. The van der Waals surface area contributed by atoms with Crippen LogP contribution in [0.25, 0.3) is 0 Å². The molecular weight excluding hydrogens is 354 g/mol. The molecular formula is C21H29N5O2. The smallest absolute Gasteiger partial charge is 0.223 e. The summed E-state index contributed by atoms with van der Waals surface area (Å²) in [7, 11) is 0. The first-order chi connectivity index (χ1) is 13.7. The van der Waals surface area contributed by atoms with Gasteiger partial charge in [-0.3, -0.25) is 4.79 Å². The first-order valence-electron chi connectivity index (χ1n) is 10.1. The Morgan fingerprint density at radius 1 is 1.21 bits per heavy atom. The monoisotopic (exact) mass is 383 g/mol. The van der Waals surface area contributed by atoms with Gasteiger partial charge in [-0.2, -0.15) is 5.21 Å². The predicted octanol–water partition coefficient (Wildman–Crippen LogP) is 2.45. The number of aliphatic hydroxyl groups is 1. The summed E-state index contributed by atoms with van der Waals surface area (Å²) in [4.78, 5) is 14.2. The van der Waals surface area contributed by atoms with Gasteiger partial charge in [-0.05, 0) is 24.8 Å². The lowest BCUT2D eigenvalue weighted by Crippen LogP contribution is -2.32. The fourth-order valence-corrected chi connectivity index (χ4v) is 3.63. The third kappa shape index (κ3) is 6.27. The first-order valence-corrected chi connectivity index (χ1v) is 10.1. The van der Waals surface area contributed by atoms with Crippen molar-refractivity contribution in [1.29, 1.82) is 0 Å². The lowest BCUT2D eigenvalue weighted by atomic mass is 10.1. The Morgan fingerprint density at radius 3 is 2.82 bits per heavy atom. The third-order valence-electron chi connectivity index (χ3n) is 5.16. The van der Waals surface area contributed by atoms with Crippen molar-refractivity contribution < 1.29 is 9.90 Å². The molecule has 0 radical (unpaired) electrons. The van der Waals surface area contributed by atoms with Crippen LogP contribution in [-0.2, 0) is 17.6 Å². The van der Waals surface area contributed by atoms with Crippen LogP contribution in [0.2, 0.25) is 0 Å². The summed E-state index contributed by atoms with van der Waals surface area (Å²) in [5.41, 5.74) is 1.11. The first kappa shape index (κ1) is 20.2. The van der Waals surface area contributed by atoms with Gasteiger partial charge in [0.1, 0.15) is 0 Å². The number of H-pyrrole nitrogens is 1. The number of likely N-dealkylation sites (tertiary alicyclic amines) is 1. The lowest BCUT2D eigenvalue weighted by Gasteiger charge is -2.22. The van der Waals surface area contributed by atoms with Crippen molar-refractivity contribution in [3.05, 3.63) is 53.9 Å². The number of rotatable bonds is 11. The van der Waals surface area contributed by atoms with Crippen LogP contribution in [0.5, 0.6) is 0 Å². The van der Waals surface area contributed by atoms with Gasteiger partial charge < -0.3 is 10.0 Å². The number of nitrogens with zero attached hydrogens (tertiary/aromatic N) is 4. The van der Waals surface area contributed by atoms with Crippen LogP contribution >= 0.6 is 0 Å². The minimum Gasteiger partial charge on any atom is -0.389 e. The Hall–Kier alpha value is -2.54. The van der Waals surface area contributed by atoms with Crippen LogP contribution in [-0.4, -0.2) is 55.2 Å². The number of aryl methyl sites for hydroxylation is 1. The number of aromatic nitrogens is 4. The molecule has 7 heteroatoms. The summed E-state index contributed by atoms with van der Waals surface area (Å²) in [5, 5.41) is 24.2. The fraction of sp³-hybridized carbons (Fsp3) is 0.524. The second kappa shape index (κ2) is 10.7. The maximum absolute atomic E-state index is 12.2. The molecule has 3 rings (SSSR count). The summed E-state index contributed by atoms with van der Waals surface area (Å²) in [6.07, 6.45) is 10.4. The molecule has 1 amide bonds. The van der Waals surface area contributed by atoms with E-state index in [1.54, 1.807) is 0 Å². The number of benzene rings is 1. The molecule has 0 saturated carbocycles. The summed E-state index contributed by atoms with van der Waals surface area (Å²) in [6, 6.07) is 10.1. The standard InChI is InChI=1S/C21H29N5O2/c27-19(16-17-8-4-3-5-9-17)13-11-18-12-14-21(28)26(18)15-7-2-1-6-10-20-22-24-25-23-20/h3-5,8-9,11,13,18-19,27H,1-2,6-7,10,12,14-16H2,(H,22,23,24,25)/b13-11+. The Bertz CT molecular complexity index is 733. The molecule has 0 spiro atoms. The molecule has 1 aliphatic rings. The Labute approximate surface area is 165 Å². The lowest BCUT2D eigenvalue weighted by molar-refractivity contribution is -0.128. The molecule has 2 heterocycles. The molecule has 1 aromatic carbocycles. The second-order valence-electron chi connectivity index (χ2n) is 7.33. The van der Waals surface area contributed by atoms with E-state index in [4.69, 9.17) is 0 Å². The highest BCUT2D eigenvalue weighted by Gasteiger charge is 2.28. The minimum absolute atomic E-state index is 0.109. The highest BCUT2D eigenvalue weighted by atomic mass is 16.3. The van der Waals surface area contributed by atoms with E-state index in [1.807, 2.05) is 47.4 Å². The number of unbranched alkanes of at least 4 members (excludes halogenated alkanes) is 3. The normalized spacial score (nSPS) is 18.2. The van der Waals surface area contributed by atoms with Crippen molar-refractivity contribution in [3.63, 3.8) is 0 Å². The van der Waals surface area contributed by atoms with Gasteiger partial charge >= 0.3 is 0 Å². The molecule has 2 atom stereocenters. The molecule has 150 valence electrons. The van der Waals surface area contributed by atoms with Gasteiger partial charge in [0.25, 0.3) is 0 Å². The van der Waals surface area contributed by atoms with E-state index in [9.17, 15) is 9.90 Å². The maximum atomic E-state index is 12.2. The van der Waals surface area contributed by atoms with Gasteiger partial charge in [0, 0.05) is 25.8 Å². The molecule has 1 aromatic heterocycles. The zero-order valence-corrected chi connectivity index (χ0v) is 16.2. The van der Waals surface area contributed by atoms with E-state index in [2.05, 4.69) is 20.6 Å². The number of nitrogens with one attached hydrogen (secondary N) is 1. The van der Waals surface area contributed by atoms with Crippen LogP contribution in [0, 0.1) is 0 Å². The number of hydrogen-bond acceptors (Lipinski definition) is 5. The largest absolute Gasteiger partial charge is 0.389 e. The van der Waals surface area contributed by atoms with Crippen molar-refractivity contribution in [2.24, 2.45) is 0 Å². The average Bonchev–Trinajstić information content (AvgIpc) is 3.34. The minimum atomic E-state index is -0.523. The van der Waals surface area contributed by atoms with Gasteiger partial charge in [-0.25, -0.2) is 0 Å². The predicted molar refractivity (Wildman–Crippen MR) is 106 cm³/mol. The molecule has 1 aliphatic heterocycles. The van der Waals surface area contributed by atoms with Crippen LogP contribution in [0.4, 0.5) is 0 Å². The van der Waals surface area contributed by atoms with E-state index in [0.29, 0.717) is 12.8 Å². The molecule has 7 nitrogen and oxygen atoms in total. The molecule has 2 unspecified atom stereocenters. The van der Waals surface area contributed by atoms with Crippen LogP contribution < -0.4 is 0 Å². The van der Waals surface area contributed by atoms with Gasteiger partial charge in [0.05, 0.1) is 12.1 Å². The number of carbonyl (C=O) groups is 1. The summed E-state index contributed by atoms with van der Waals surface area (Å²) >= 11 is 0. The van der Waals surface area contributed by atoms with E-state index in [1.165, 1.54) is 0 Å². The SMILES string of the molecule is O=C1CCC(/C=C/C(O)Cc2ccccc2)N1CCCCCCc1nn[nH]n1. The van der Waals surface area contributed by atoms with Crippen LogP contribution in [0.1, 0.15) is 49.9 Å². The Balaban J connectivity index is 1.37. The Kier molecular flexibility index (Phi) is 7.72. The second-order valence-corrected chi connectivity index (χ2v) is 7.33. The van der Waals surface area contributed by atoms with E-state index in [-0.39, 0.29) is 11.9 Å². The highest BCUT2D eigenvalue weighted by Crippen LogP contribution is 2.21. The molecule has 2 aromatic rings. The van der Waals surface area contributed by atoms with Crippen molar-refractivity contribution >= 4 is 5.91 Å². The molecule has 0 bridgehead atoms. The zero-order valence-electron chi connectivity index (χ0n) is 16.2. The number of carbonyl (C=O) groups excluding carboxylic acids is 1. The van der Waals surface area contributed by atoms with Gasteiger partial charge in [-0.15, -0.1) is 10.2 Å². The molecule has 28 heavy (non-hydrogen) atoms. The van der Waals surface area contributed by atoms with Gasteiger partial charge in [0.2, 0.25) is 5.91 Å². The highest BCUT2D eigenvalue weighted by molar-refractivity contribution is 5.79. The maximum Gasteiger partial charge on any atom is 0.223 e. The average molecular weight is 383 g/mol. The number of hydrogen-bond donors (Lipinski definition) is 2.